The predicted octanol–water partition coefficient (Wildman–Crippen LogP) is 7.00. The van der Waals surface area contributed by atoms with Crippen LogP contribution in [0.1, 0.15) is 77.2 Å². The van der Waals surface area contributed by atoms with Gasteiger partial charge in [-0.05, 0) is 37.8 Å². The van der Waals surface area contributed by atoms with Crippen LogP contribution in [0, 0.1) is 15.3 Å². The summed E-state index contributed by atoms with van der Waals surface area (Å²) in [5.41, 5.74) is -5.32. The second-order valence-corrected chi connectivity index (χ2v) is 12.1. The monoisotopic (exact) mass is 617 g/mol. The number of anilines is 1. The Morgan fingerprint density at radius 1 is 0.927 bits per heavy atom. The third kappa shape index (κ3) is 8.70. The van der Waals surface area contributed by atoms with Crippen LogP contribution >= 0.6 is 0 Å². The summed E-state index contributed by atoms with van der Waals surface area (Å²) in [7, 11) is -1.30. The van der Waals surface area contributed by atoms with Gasteiger partial charge in [-0.15, -0.1) is 0 Å². The van der Waals surface area contributed by atoms with Crippen LogP contribution in [0.2, 0.25) is 0 Å². The van der Waals surface area contributed by atoms with Crippen molar-refractivity contribution in [3.05, 3.63) is 39.1 Å². The molecule has 2 unspecified atom stereocenters. The molecule has 1 aliphatic rings. The normalized spacial score (nSPS) is 20.1. The summed E-state index contributed by atoms with van der Waals surface area (Å²) >= 11 is 0. The molecule has 1 aliphatic heterocycles. The Kier molecular flexibility index (Phi) is 11.5. The van der Waals surface area contributed by atoms with Gasteiger partial charge >= 0.3 is 18.4 Å². The lowest BCUT2D eigenvalue weighted by Gasteiger charge is -2.43. The highest BCUT2D eigenvalue weighted by Crippen LogP contribution is 2.42. The van der Waals surface area contributed by atoms with E-state index in [1.165, 1.54) is 13.8 Å². The summed E-state index contributed by atoms with van der Waals surface area (Å²) in [6.07, 6.45) is -6.19. The van der Waals surface area contributed by atoms with Crippen molar-refractivity contribution < 1.29 is 49.7 Å². The van der Waals surface area contributed by atoms with E-state index in [4.69, 9.17) is 0 Å². The van der Waals surface area contributed by atoms with Crippen LogP contribution < -0.4 is 4.90 Å². The Morgan fingerprint density at radius 3 is 2.00 bits per heavy atom. The molecular formula is C25H33F6N3O6S. The SMILES string of the molecule is CC1(C)C(=O)N(c2ccc([N+](=O)[O-])c(C(F)(F)F)c2)C(=O)[N+]1([O-])CCCCCCCCCS(=O)CCCC(F)(F)F. The van der Waals surface area contributed by atoms with Gasteiger partial charge in [0.15, 0.2) is 5.54 Å². The van der Waals surface area contributed by atoms with Gasteiger partial charge in [-0.2, -0.15) is 31.2 Å². The van der Waals surface area contributed by atoms with Crippen LogP contribution in [-0.2, 0) is 21.8 Å². The van der Waals surface area contributed by atoms with Crippen molar-refractivity contribution in [2.24, 2.45) is 0 Å². The van der Waals surface area contributed by atoms with Gasteiger partial charge in [-0.25, -0.2) is 4.79 Å². The van der Waals surface area contributed by atoms with Crippen LogP contribution in [0.5, 0.6) is 0 Å². The zero-order valence-corrected chi connectivity index (χ0v) is 23.5. The molecule has 2 atom stereocenters. The van der Waals surface area contributed by atoms with Gasteiger partial charge in [0.25, 0.3) is 11.6 Å². The number of nitro groups is 1. The molecule has 2 rings (SSSR count). The number of unbranched alkanes of at least 4 members (excludes halogenated alkanes) is 6. The van der Waals surface area contributed by atoms with E-state index in [1.807, 2.05) is 0 Å². The molecule has 16 heteroatoms. The fourth-order valence-electron chi connectivity index (χ4n) is 4.58. The number of benzene rings is 1. The van der Waals surface area contributed by atoms with Gasteiger partial charge in [-0.3, -0.25) is 23.8 Å². The smallest absolute Gasteiger partial charge is 0.431 e. The molecule has 3 amide bonds. The number of hydrogen-bond acceptors (Lipinski definition) is 6. The molecule has 0 aromatic heterocycles. The number of quaternary nitrogens is 1. The second-order valence-electron chi connectivity index (χ2n) is 10.4. The number of halogens is 6. The van der Waals surface area contributed by atoms with Crippen molar-refractivity contribution in [1.29, 1.82) is 0 Å². The van der Waals surface area contributed by atoms with Gasteiger partial charge in [0, 0.05) is 48.6 Å². The van der Waals surface area contributed by atoms with Crippen molar-refractivity contribution in [3.63, 3.8) is 0 Å². The van der Waals surface area contributed by atoms with Crippen LogP contribution in [0.25, 0.3) is 0 Å². The standard InChI is InChI=1S/C25H33F6N3O6S/c1-23(2)21(35)32(18-11-12-20(33(37)38)19(17-18)25(29,30)31)22(36)34(23,39)14-8-6-4-3-5-7-9-15-41(40)16-10-13-24(26,27)28/h11-12,17H,3-10,13-16H2,1-2H3. The van der Waals surface area contributed by atoms with E-state index < -0.39 is 73.6 Å². The lowest BCUT2D eigenvalue weighted by molar-refractivity contribution is -0.833. The summed E-state index contributed by atoms with van der Waals surface area (Å²) in [4.78, 5) is 36.3. The number of nitro benzene ring substituents is 1. The fraction of sp³-hybridized carbons (Fsp3) is 0.680. The van der Waals surface area contributed by atoms with Crippen molar-refractivity contribution in [3.8, 4) is 0 Å². The zero-order valence-electron chi connectivity index (χ0n) is 22.7. The Labute approximate surface area is 235 Å². The summed E-state index contributed by atoms with van der Waals surface area (Å²) in [5, 5.41) is 24.6. The van der Waals surface area contributed by atoms with Gasteiger partial charge in [0.2, 0.25) is 0 Å². The molecule has 232 valence electrons. The largest absolute Gasteiger partial charge is 0.623 e. The molecule has 0 N–H and O–H groups in total. The predicted molar refractivity (Wildman–Crippen MR) is 139 cm³/mol. The van der Waals surface area contributed by atoms with E-state index in [9.17, 15) is 55.5 Å². The molecule has 41 heavy (non-hydrogen) atoms. The Balaban J connectivity index is 1.88. The molecule has 1 heterocycles. The summed E-state index contributed by atoms with van der Waals surface area (Å²) in [5.74, 6) is -0.679. The fourth-order valence-corrected chi connectivity index (χ4v) is 5.78. The van der Waals surface area contributed by atoms with Crippen molar-refractivity contribution in [1.82, 2.24) is 0 Å². The number of rotatable bonds is 15. The van der Waals surface area contributed by atoms with Gasteiger partial charge in [0.1, 0.15) is 5.56 Å². The molecule has 0 saturated carbocycles. The molecule has 1 fully saturated rings. The quantitative estimate of drug-likeness (QED) is 0.0398. The molecule has 1 saturated heterocycles. The number of urea groups is 1. The Hall–Kier alpha value is -2.59. The Bertz CT molecular complexity index is 1140. The highest BCUT2D eigenvalue weighted by Gasteiger charge is 2.61. The first-order valence-corrected chi connectivity index (χ1v) is 14.6. The first-order chi connectivity index (χ1) is 18.8. The minimum atomic E-state index is -5.14. The maximum atomic E-state index is 13.6. The minimum absolute atomic E-state index is 0.0113. The van der Waals surface area contributed by atoms with Crippen LogP contribution in [0.4, 0.5) is 42.5 Å². The van der Waals surface area contributed by atoms with E-state index in [0.29, 0.717) is 42.0 Å². The highest BCUT2D eigenvalue weighted by molar-refractivity contribution is 7.84. The van der Waals surface area contributed by atoms with E-state index in [1.54, 1.807) is 0 Å². The molecule has 9 nitrogen and oxygen atoms in total. The highest BCUT2D eigenvalue weighted by atomic mass is 32.2. The number of carbonyl (C=O) groups excluding carboxylic acids is 2. The third-order valence-electron chi connectivity index (χ3n) is 7.05. The molecule has 0 radical (unpaired) electrons. The summed E-state index contributed by atoms with van der Waals surface area (Å²) in [6, 6.07) is 0.408. The lowest BCUT2D eigenvalue weighted by Crippen LogP contribution is -2.58. The van der Waals surface area contributed by atoms with Gasteiger partial charge in [-0.1, -0.05) is 25.7 Å². The molecule has 0 bridgehead atoms. The first-order valence-electron chi connectivity index (χ1n) is 13.1. The number of imide groups is 1. The van der Waals surface area contributed by atoms with Crippen molar-refractivity contribution >= 4 is 34.1 Å². The van der Waals surface area contributed by atoms with Crippen molar-refractivity contribution in [2.45, 2.75) is 89.5 Å². The first kappa shape index (κ1) is 34.6. The number of nitrogens with zero attached hydrogens (tertiary/aromatic N) is 3. The minimum Gasteiger partial charge on any atom is -0.623 e. The number of hydrogen-bond donors (Lipinski definition) is 0. The molecule has 1 aromatic carbocycles. The van der Waals surface area contributed by atoms with E-state index in [-0.39, 0.29) is 25.1 Å². The zero-order chi connectivity index (χ0) is 31.2. The third-order valence-corrected chi connectivity index (χ3v) is 8.54. The van der Waals surface area contributed by atoms with E-state index in [2.05, 4.69) is 0 Å². The van der Waals surface area contributed by atoms with E-state index >= 15 is 0 Å². The topological polar surface area (TPSA) is 121 Å². The number of carbonyl (C=O) groups is 2. The maximum Gasteiger partial charge on any atom is 0.431 e. The van der Waals surface area contributed by atoms with E-state index in [0.717, 1.165) is 25.3 Å². The number of alkyl halides is 6. The second kappa shape index (κ2) is 13.6. The molecule has 0 spiro atoms. The van der Waals surface area contributed by atoms with Gasteiger partial charge in [0.05, 0.1) is 17.2 Å². The molecule has 1 aromatic rings. The average Bonchev–Trinajstić information content (AvgIpc) is 2.98. The average molecular weight is 618 g/mol. The van der Waals surface area contributed by atoms with Crippen LogP contribution in [0.3, 0.4) is 0 Å². The molecular weight excluding hydrogens is 584 g/mol. The molecule has 0 aliphatic carbocycles. The van der Waals surface area contributed by atoms with Crippen molar-refractivity contribution in [2.75, 3.05) is 23.0 Å². The lowest BCUT2D eigenvalue weighted by atomic mass is 10.0. The summed E-state index contributed by atoms with van der Waals surface area (Å²) in [6.45, 7) is 2.15. The maximum absolute atomic E-state index is 13.6. The number of amides is 3. The Morgan fingerprint density at radius 2 is 1.46 bits per heavy atom. The van der Waals surface area contributed by atoms with Crippen LogP contribution in [0.15, 0.2) is 18.2 Å². The number of hydroxylamine groups is 3. The van der Waals surface area contributed by atoms with Crippen LogP contribution in [-0.4, -0.2) is 55.5 Å². The summed E-state index contributed by atoms with van der Waals surface area (Å²) < 4.78 is 86.8. The van der Waals surface area contributed by atoms with Gasteiger partial charge < -0.3 is 5.21 Å².